The minimum atomic E-state index is -0.873. The van der Waals surface area contributed by atoms with Gasteiger partial charge in [-0.15, -0.1) is 0 Å². The Labute approximate surface area is 240 Å². The van der Waals surface area contributed by atoms with E-state index in [4.69, 9.17) is 25.8 Å². The molecule has 1 saturated heterocycles. The van der Waals surface area contributed by atoms with Crippen LogP contribution >= 0.6 is 11.6 Å². The zero-order valence-electron chi connectivity index (χ0n) is 22.2. The molecule has 12 heteroatoms. The molecule has 4 rings (SSSR count). The van der Waals surface area contributed by atoms with E-state index in [0.717, 1.165) is 11.3 Å². The number of imide groups is 2. The number of ether oxygens (including phenoxy) is 3. The number of anilines is 1. The zero-order chi connectivity index (χ0) is 29.5. The van der Waals surface area contributed by atoms with E-state index in [-0.39, 0.29) is 46.7 Å². The Kier molecular flexibility index (Phi) is 9.20. The van der Waals surface area contributed by atoms with Gasteiger partial charge in [-0.2, -0.15) is 0 Å². The fourth-order valence-corrected chi connectivity index (χ4v) is 4.19. The molecule has 4 amide bonds. The first-order valence-corrected chi connectivity index (χ1v) is 13.1. The number of nitrogens with one attached hydrogen (secondary N) is 1. The summed E-state index contributed by atoms with van der Waals surface area (Å²) in [6.45, 7) is 4.59. The Morgan fingerprint density at radius 2 is 1.68 bits per heavy atom. The second-order valence-electron chi connectivity index (χ2n) is 8.78. The Morgan fingerprint density at radius 3 is 2.32 bits per heavy atom. The largest absolute Gasteiger partial charge is 0.494 e. The van der Waals surface area contributed by atoms with Crippen molar-refractivity contribution in [3.05, 3.63) is 92.5 Å². The number of nitro benzene ring substituents is 1. The average molecular weight is 580 g/mol. The van der Waals surface area contributed by atoms with E-state index in [1.807, 2.05) is 6.92 Å². The van der Waals surface area contributed by atoms with Crippen LogP contribution in [0.2, 0.25) is 5.02 Å². The van der Waals surface area contributed by atoms with E-state index in [1.54, 1.807) is 49.4 Å². The summed E-state index contributed by atoms with van der Waals surface area (Å²) in [5.74, 6) is -0.606. The number of carbonyl (C=O) groups excluding carboxylic acids is 3. The summed E-state index contributed by atoms with van der Waals surface area (Å²) in [5, 5.41) is 13.2. The van der Waals surface area contributed by atoms with Gasteiger partial charge in [0.15, 0.2) is 11.5 Å². The first kappa shape index (κ1) is 29.1. The molecule has 0 aliphatic carbocycles. The second kappa shape index (κ2) is 13.0. The van der Waals surface area contributed by atoms with E-state index in [9.17, 15) is 24.5 Å². The fourth-order valence-electron chi connectivity index (χ4n) is 3.91. The standard InChI is InChI=1S/C29H26ClN3O8/c1-3-13-40-22-11-9-20(10-12-22)32-28(35)23(27(34)31-29(32)36)14-19-15-24(30)26(25(16-19)39-4-2)41-17-18-5-7-21(8-6-18)33(37)38/h5-12,14-16H,3-4,13,17H2,1-2H3,(H,31,34,36)/b23-14-. The number of hydrogen-bond donors (Lipinski definition) is 1. The minimum absolute atomic E-state index is 0.0428. The third-order valence-electron chi connectivity index (χ3n) is 5.84. The summed E-state index contributed by atoms with van der Waals surface area (Å²) >= 11 is 6.51. The molecular weight excluding hydrogens is 554 g/mol. The van der Waals surface area contributed by atoms with E-state index < -0.39 is 22.8 Å². The van der Waals surface area contributed by atoms with Gasteiger partial charge in [0.1, 0.15) is 17.9 Å². The van der Waals surface area contributed by atoms with Crippen LogP contribution in [0.5, 0.6) is 17.2 Å². The zero-order valence-corrected chi connectivity index (χ0v) is 23.0. The molecule has 1 aliphatic rings. The average Bonchev–Trinajstić information content (AvgIpc) is 2.94. The Morgan fingerprint density at radius 1 is 0.976 bits per heavy atom. The van der Waals surface area contributed by atoms with Gasteiger partial charge in [0.2, 0.25) is 0 Å². The number of nitro groups is 1. The van der Waals surface area contributed by atoms with Gasteiger partial charge < -0.3 is 14.2 Å². The van der Waals surface area contributed by atoms with Gasteiger partial charge in [0.25, 0.3) is 17.5 Å². The number of urea groups is 1. The van der Waals surface area contributed by atoms with Crippen molar-refractivity contribution in [2.24, 2.45) is 0 Å². The molecule has 3 aromatic carbocycles. The van der Waals surface area contributed by atoms with Gasteiger partial charge in [-0.05, 0) is 79.1 Å². The van der Waals surface area contributed by atoms with Crippen molar-refractivity contribution in [2.75, 3.05) is 18.1 Å². The summed E-state index contributed by atoms with van der Waals surface area (Å²) in [6.07, 6.45) is 2.14. The molecule has 0 bridgehead atoms. The van der Waals surface area contributed by atoms with Crippen molar-refractivity contribution in [3.8, 4) is 17.2 Å². The number of halogens is 1. The van der Waals surface area contributed by atoms with E-state index in [1.165, 1.54) is 24.3 Å². The normalized spacial score (nSPS) is 14.2. The van der Waals surface area contributed by atoms with E-state index >= 15 is 0 Å². The molecule has 1 N–H and O–H groups in total. The number of non-ortho nitro benzene ring substituents is 1. The minimum Gasteiger partial charge on any atom is -0.494 e. The molecule has 1 aliphatic heterocycles. The highest BCUT2D eigenvalue weighted by molar-refractivity contribution is 6.39. The van der Waals surface area contributed by atoms with Crippen LogP contribution in [0.25, 0.3) is 6.08 Å². The van der Waals surface area contributed by atoms with Crippen LogP contribution in [-0.2, 0) is 16.2 Å². The third kappa shape index (κ3) is 6.82. The lowest BCUT2D eigenvalue weighted by Crippen LogP contribution is -2.54. The summed E-state index contributed by atoms with van der Waals surface area (Å²) in [4.78, 5) is 49.8. The maximum Gasteiger partial charge on any atom is 0.335 e. The second-order valence-corrected chi connectivity index (χ2v) is 9.18. The molecule has 41 heavy (non-hydrogen) atoms. The van der Waals surface area contributed by atoms with Crippen LogP contribution in [0.4, 0.5) is 16.2 Å². The summed E-state index contributed by atoms with van der Waals surface area (Å²) < 4.78 is 17.1. The Hall–Kier alpha value is -4.90. The Balaban J connectivity index is 1.59. The number of amides is 4. The van der Waals surface area contributed by atoms with Crippen molar-refractivity contribution in [3.63, 3.8) is 0 Å². The van der Waals surface area contributed by atoms with Gasteiger partial charge in [-0.1, -0.05) is 18.5 Å². The molecule has 0 atom stereocenters. The highest BCUT2D eigenvalue weighted by atomic mass is 35.5. The highest BCUT2D eigenvalue weighted by Gasteiger charge is 2.37. The van der Waals surface area contributed by atoms with Crippen molar-refractivity contribution in [1.82, 2.24) is 5.32 Å². The third-order valence-corrected chi connectivity index (χ3v) is 6.12. The van der Waals surface area contributed by atoms with Crippen LogP contribution in [0, 0.1) is 10.1 Å². The quantitative estimate of drug-likeness (QED) is 0.132. The number of nitrogens with zero attached hydrogens (tertiary/aromatic N) is 2. The van der Waals surface area contributed by atoms with Gasteiger partial charge in [0.05, 0.1) is 28.8 Å². The number of benzene rings is 3. The van der Waals surface area contributed by atoms with E-state index in [0.29, 0.717) is 23.5 Å². The first-order valence-electron chi connectivity index (χ1n) is 12.7. The van der Waals surface area contributed by atoms with Gasteiger partial charge >= 0.3 is 6.03 Å². The lowest BCUT2D eigenvalue weighted by Gasteiger charge is -2.26. The maximum atomic E-state index is 13.3. The SMILES string of the molecule is CCCOc1ccc(N2C(=O)NC(=O)/C(=C/c3cc(Cl)c(OCc4ccc([N+](=O)[O-])cc4)c(OCC)c3)C2=O)cc1. The topological polar surface area (TPSA) is 137 Å². The molecule has 0 radical (unpaired) electrons. The van der Waals surface area contributed by atoms with Crippen molar-refractivity contribution in [2.45, 2.75) is 26.9 Å². The number of rotatable bonds is 11. The molecule has 1 fully saturated rings. The first-order chi connectivity index (χ1) is 19.7. The fraction of sp³-hybridized carbons (Fsp3) is 0.207. The maximum absolute atomic E-state index is 13.3. The molecule has 11 nitrogen and oxygen atoms in total. The van der Waals surface area contributed by atoms with Crippen LogP contribution in [0.15, 0.2) is 66.2 Å². The Bertz CT molecular complexity index is 1500. The van der Waals surface area contributed by atoms with Gasteiger partial charge in [-0.3, -0.25) is 25.0 Å². The molecular formula is C29H26ClN3O8. The predicted molar refractivity (Wildman–Crippen MR) is 151 cm³/mol. The molecule has 0 aromatic heterocycles. The molecule has 0 unspecified atom stereocenters. The van der Waals surface area contributed by atoms with Crippen LogP contribution < -0.4 is 24.4 Å². The van der Waals surface area contributed by atoms with E-state index in [2.05, 4.69) is 5.32 Å². The number of carbonyl (C=O) groups is 3. The molecule has 3 aromatic rings. The molecule has 0 spiro atoms. The molecule has 1 heterocycles. The lowest BCUT2D eigenvalue weighted by atomic mass is 10.1. The van der Waals surface area contributed by atoms with Crippen molar-refractivity contribution in [1.29, 1.82) is 0 Å². The number of hydrogen-bond acceptors (Lipinski definition) is 8. The van der Waals surface area contributed by atoms with Gasteiger partial charge in [0, 0.05) is 12.1 Å². The molecule has 0 saturated carbocycles. The van der Waals surface area contributed by atoms with Crippen LogP contribution in [-0.4, -0.2) is 36.0 Å². The van der Waals surface area contributed by atoms with Crippen molar-refractivity contribution < 1.29 is 33.5 Å². The van der Waals surface area contributed by atoms with Crippen molar-refractivity contribution >= 4 is 46.9 Å². The monoisotopic (exact) mass is 579 g/mol. The van der Waals surface area contributed by atoms with Crippen LogP contribution in [0.3, 0.4) is 0 Å². The summed E-state index contributed by atoms with van der Waals surface area (Å²) in [6, 6.07) is 14.4. The van der Waals surface area contributed by atoms with Crippen LogP contribution in [0.1, 0.15) is 31.4 Å². The summed E-state index contributed by atoms with van der Waals surface area (Å²) in [5.41, 5.74) is 0.960. The van der Waals surface area contributed by atoms with Gasteiger partial charge in [-0.25, -0.2) is 9.69 Å². The number of barbiturate groups is 1. The highest BCUT2D eigenvalue weighted by Crippen LogP contribution is 2.38. The predicted octanol–water partition coefficient (Wildman–Crippen LogP) is 5.68. The summed E-state index contributed by atoms with van der Waals surface area (Å²) in [7, 11) is 0. The molecule has 212 valence electrons. The lowest BCUT2D eigenvalue weighted by molar-refractivity contribution is -0.384. The smallest absolute Gasteiger partial charge is 0.335 e.